The lowest BCUT2D eigenvalue weighted by Gasteiger charge is -2.17. The number of nitrogens with zero attached hydrogens (tertiary/aromatic N) is 1. The third-order valence-electron chi connectivity index (χ3n) is 4.15. The van der Waals surface area contributed by atoms with Gasteiger partial charge in [-0.3, -0.25) is 14.9 Å². The van der Waals surface area contributed by atoms with Crippen molar-refractivity contribution in [1.82, 2.24) is 5.32 Å². The molecule has 3 rings (SSSR count). The highest BCUT2D eigenvalue weighted by Crippen LogP contribution is 2.33. The number of nitrogens with one attached hydrogen (secondary N) is 1. The summed E-state index contributed by atoms with van der Waals surface area (Å²) in [5, 5.41) is 23.7. The second-order valence-electron chi connectivity index (χ2n) is 6.11. The van der Waals surface area contributed by atoms with E-state index < -0.39 is 11.0 Å². The van der Waals surface area contributed by atoms with Gasteiger partial charge < -0.3 is 15.2 Å². The van der Waals surface area contributed by atoms with Crippen molar-refractivity contribution >= 4 is 23.2 Å². The maximum atomic E-state index is 12.5. The van der Waals surface area contributed by atoms with Gasteiger partial charge in [-0.15, -0.1) is 0 Å². The van der Waals surface area contributed by atoms with Crippen molar-refractivity contribution < 1.29 is 19.6 Å². The van der Waals surface area contributed by atoms with Crippen LogP contribution in [0.2, 0.25) is 5.02 Å². The van der Waals surface area contributed by atoms with Crippen LogP contribution in [0, 0.1) is 10.1 Å². The zero-order valence-corrected chi connectivity index (χ0v) is 15.9. The predicted molar refractivity (Wildman–Crippen MR) is 108 cm³/mol. The highest BCUT2D eigenvalue weighted by molar-refractivity contribution is 6.30. The number of aliphatic hydroxyl groups excluding tert-OH is 1. The normalized spacial score (nSPS) is 11.5. The first-order valence-corrected chi connectivity index (χ1v) is 9.04. The Kier molecular flexibility index (Phi) is 6.43. The third-order valence-corrected chi connectivity index (χ3v) is 4.39. The van der Waals surface area contributed by atoms with Gasteiger partial charge in [-0.25, -0.2) is 0 Å². The van der Waals surface area contributed by atoms with Crippen molar-refractivity contribution in [3.63, 3.8) is 0 Å². The highest BCUT2D eigenvalue weighted by Gasteiger charge is 2.18. The number of carbonyl (C=O) groups excluding carboxylic acids is 1. The lowest BCUT2D eigenvalue weighted by atomic mass is 10.1. The van der Waals surface area contributed by atoms with Gasteiger partial charge in [0.15, 0.2) is 0 Å². The molecule has 7 nitrogen and oxygen atoms in total. The maximum absolute atomic E-state index is 12.5. The van der Waals surface area contributed by atoms with Crippen LogP contribution >= 0.6 is 11.6 Å². The molecular formula is C21H17ClN2O5. The van der Waals surface area contributed by atoms with Crippen molar-refractivity contribution in [1.29, 1.82) is 0 Å². The largest absolute Gasteiger partial charge is 0.450 e. The zero-order chi connectivity index (χ0) is 20.8. The van der Waals surface area contributed by atoms with Crippen LogP contribution in [0.1, 0.15) is 22.0 Å². The minimum absolute atomic E-state index is 0.0426. The van der Waals surface area contributed by atoms with Gasteiger partial charge in [0, 0.05) is 16.7 Å². The molecule has 29 heavy (non-hydrogen) atoms. The maximum Gasteiger partial charge on any atom is 0.313 e. The number of carbonyl (C=O) groups is 1. The van der Waals surface area contributed by atoms with Gasteiger partial charge in [-0.05, 0) is 42.0 Å². The van der Waals surface area contributed by atoms with Crippen LogP contribution in [0.5, 0.6) is 11.5 Å². The molecule has 0 aliphatic rings. The first-order valence-electron chi connectivity index (χ1n) is 8.66. The van der Waals surface area contributed by atoms with Crippen LogP contribution in [0.15, 0.2) is 72.8 Å². The molecule has 0 aliphatic heterocycles. The van der Waals surface area contributed by atoms with E-state index in [1.165, 1.54) is 42.5 Å². The Balaban J connectivity index is 1.72. The average Bonchev–Trinajstić information content (AvgIpc) is 2.74. The lowest BCUT2D eigenvalue weighted by molar-refractivity contribution is -0.385. The van der Waals surface area contributed by atoms with Crippen LogP contribution in [0.4, 0.5) is 5.69 Å². The Labute approximate surface area is 171 Å². The number of amides is 1. The smallest absolute Gasteiger partial charge is 0.313 e. The first kappa shape index (κ1) is 20.3. The molecule has 0 aliphatic carbocycles. The van der Waals surface area contributed by atoms with Gasteiger partial charge in [0.25, 0.3) is 5.91 Å². The van der Waals surface area contributed by atoms with Gasteiger partial charge in [0.2, 0.25) is 5.75 Å². The number of ether oxygens (including phenoxy) is 1. The zero-order valence-electron chi connectivity index (χ0n) is 15.1. The Bertz CT molecular complexity index is 1010. The van der Waals surface area contributed by atoms with Crippen LogP contribution in [-0.4, -0.2) is 22.5 Å². The number of nitro benzene ring substituents is 1. The average molecular weight is 413 g/mol. The van der Waals surface area contributed by atoms with Gasteiger partial charge in [0.1, 0.15) is 5.75 Å². The fraction of sp³-hybridized carbons (Fsp3) is 0.0952. The minimum atomic E-state index is -0.582. The summed E-state index contributed by atoms with van der Waals surface area (Å²) < 4.78 is 5.56. The van der Waals surface area contributed by atoms with E-state index in [1.54, 1.807) is 0 Å². The van der Waals surface area contributed by atoms with Crippen LogP contribution in [-0.2, 0) is 0 Å². The Morgan fingerprint density at radius 3 is 2.41 bits per heavy atom. The van der Waals surface area contributed by atoms with E-state index in [2.05, 4.69) is 5.32 Å². The Morgan fingerprint density at radius 1 is 1.10 bits per heavy atom. The number of aliphatic hydroxyl groups is 1. The molecule has 0 radical (unpaired) electrons. The molecule has 0 heterocycles. The van der Waals surface area contributed by atoms with E-state index in [0.717, 1.165) is 5.56 Å². The van der Waals surface area contributed by atoms with Crippen molar-refractivity contribution in [2.75, 3.05) is 6.61 Å². The van der Waals surface area contributed by atoms with Crippen LogP contribution in [0.3, 0.4) is 0 Å². The van der Waals surface area contributed by atoms with E-state index in [-0.39, 0.29) is 29.0 Å². The molecule has 8 heteroatoms. The Hall–Kier alpha value is -3.42. The van der Waals surface area contributed by atoms with E-state index in [9.17, 15) is 20.0 Å². The molecule has 1 atom stereocenters. The van der Waals surface area contributed by atoms with Gasteiger partial charge >= 0.3 is 5.69 Å². The van der Waals surface area contributed by atoms with Crippen molar-refractivity contribution in [2.45, 2.75) is 6.04 Å². The number of benzene rings is 3. The SMILES string of the molecule is O=C(NC(CO)c1ccccc1)c1ccc(Oc2ccc(Cl)cc2[N+](=O)[O-])cc1. The van der Waals surface area contributed by atoms with Crippen LogP contribution in [0.25, 0.3) is 0 Å². The fourth-order valence-electron chi connectivity index (χ4n) is 2.68. The topological polar surface area (TPSA) is 102 Å². The molecule has 0 aromatic heterocycles. The molecule has 1 amide bonds. The second kappa shape index (κ2) is 9.18. The minimum Gasteiger partial charge on any atom is -0.450 e. The van der Waals surface area contributed by atoms with E-state index in [1.807, 2.05) is 30.3 Å². The van der Waals surface area contributed by atoms with Crippen LogP contribution < -0.4 is 10.1 Å². The predicted octanol–water partition coefficient (Wildman–Crippen LogP) is 4.50. The van der Waals surface area contributed by atoms with E-state index in [0.29, 0.717) is 11.3 Å². The molecule has 0 saturated heterocycles. The molecule has 0 spiro atoms. The fourth-order valence-corrected chi connectivity index (χ4v) is 2.85. The quantitative estimate of drug-likeness (QED) is 0.439. The van der Waals surface area contributed by atoms with Gasteiger partial charge in [0.05, 0.1) is 17.6 Å². The van der Waals surface area contributed by atoms with E-state index >= 15 is 0 Å². The monoisotopic (exact) mass is 412 g/mol. The standard InChI is InChI=1S/C21H17ClN2O5/c22-16-8-11-20(19(12-16)24(27)28)29-17-9-6-15(7-10-17)21(26)23-18(13-25)14-4-2-1-3-5-14/h1-12,18,25H,13H2,(H,23,26). The summed E-state index contributed by atoms with van der Waals surface area (Å²) in [5.41, 5.74) is 0.892. The second-order valence-corrected chi connectivity index (χ2v) is 6.55. The molecule has 148 valence electrons. The number of rotatable bonds is 7. The molecule has 1 unspecified atom stereocenters. The lowest BCUT2D eigenvalue weighted by Crippen LogP contribution is -2.30. The Morgan fingerprint density at radius 2 is 1.79 bits per heavy atom. The number of hydrogen-bond acceptors (Lipinski definition) is 5. The molecule has 2 N–H and O–H groups in total. The summed E-state index contributed by atoms with van der Waals surface area (Å²) >= 11 is 5.79. The van der Waals surface area contributed by atoms with Gasteiger partial charge in [-0.1, -0.05) is 41.9 Å². The highest BCUT2D eigenvalue weighted by atomic mass is 35.5. The van der Waals surface area contributed by atoms with Crippen molar-refractivity contribution in [2.24, 2.45) is 0 Å². The van der Waals surface area contributed by atoms with E-state index in [4.69, 9.17) is 16.3 Å². The summed E-state index contributed by atoms with van der Waals surface area (Å²) in [5.74, 6) is 0.00619. The van der Waals surface area contributed by atoms with Gasteiger partial charge in [-0.2, -0.15) is 0 Å². The molecule has 3 aromatic rings. The summed E-state index contributed by atoms with van der Waals surface area (Å²) in [7, 11) is 0. The molecule has 0 saturated carbocycles. The summed E-state index contributed by atoms with van der Waals surface area (Å²) in [4.78, 5) is 23.0. The molecule has 0 fully saturated rings. The summed E-state index contributed by atoms with van der Waals surface area (Å²) in [6, 6.07) is 18.8. The van der Waals surface area contributed by atoms with Crippen molar-refractivity contribution in [3.05, 3.63) is 99.1 Å². The number of nitro groups is 1. The third kappa shape index (κ3) is 5.10. The molecule has 0 bridgehead atoms. The first-order chi connectivity index (χ1) is 14.0. The summed E-state index contributed by atoms with van der Waals surface area (Å²) in [6.45, 7) is -0.239. The number of halogens is 1. The molecular weight excluding hydrogens is 396 g/mol. The number of hydrogen-bond donors (Lipinski definition) is 2. The summed E-state index contributed by atoms with van der Waals surface area (Å²) in [6.07, 6.45) is 0. The van der Waals surface area contributed by atoms with Crippen molar-refractivity contribution in [3.8, 4) is 11.5 Å². The molecule has 3 aromatic carbocycles.